The molecule has 0 bridgehead atoms. The summed E-state index contributed by atoms with van der Waals surface area (Å²) in [5.41, 5.74) is 3.12. The van der Waals surface area contributed by atoms with E-state index in [0.29, 0.717) is 0 Å². The first-order valence-electron chi connectivity index (χ1n) is 5.77. The Labute approximate surface area is 128 Å². The van der Waals surface area contributed by atoms with Crippen molar-refractivity contribution >= 4 is 46.5 Å². The van der Waals surface area contributed by atoms with Gasteiger partial charge >= 0.3 is 5.97 Å². The minimum Gasteiger partial charge on any atom is -0.460 e. The van der Waals surface area contributed by atoms with Crippen LogP contribution in [0.25, 0.3) is 0 Å². The van der Waals surface area contributed by atoms with E-state index in [2.05, 4.69) is 5.32 Å². The monoisotopic (exact) mass is 323 g/mol. The SMILES string of the molecule is Cc1cccc(N[C@@H](C)C(=O)OCC(Cl)(Cl)Cl)c1C. The lowest BCUT2D eigenvalue weighted by molar-refractivity contribution is -0.144. The van der Waals surface area contributed by atoms with Crippen LogP contribution < -0.4 is 5.32 Å². The first-order chi connectivity index (χ1) is 8.70. The summed E-state index contributed by atoms with van der Waals surface area (Å²) in [4.78, 5) is 11.7. The molecule has 0 unspecified atom stereocenters. The Bertz CT molecular complexity index is 458. The lowest BCUT2D eigenvalue weighted by Crippen LogP contribution is -2.31. The molecule has 0 amide bonds. The second kappa shape index (κ2) is 6.69. The molecular weight excluding hydrogens is 309 g/mol. The smallest absolute Gasteiger partial charge is 0.328 e. The normalized spacial score (nSPS) is 12.9. The van der Waals surface area contributed by atoms with Crippen molar-refractivity contribution in [3.63, 3.8) is 0 Å². The van der Waals surface area contributed by atoms with E-state index in [-0.39, 0.29) is 6.61 Å². The highest BCUT2D eigenvalue weighted by atomic mass is 35.6. The number of halogens is 3. The second-order valence-corrected chi connectivity index (χ2v) is 6.85. The minimum absolute atomic E-state index is 0.269. The Kier molecular flexibility index (Phi) is 5.78. The number of ether oxygens (including phenoxy) is 1. The van der Waals surface area contributed by atoms with Gasteiger partial charge in [-0.05, 0) is 38.0 Å². The van der Waals surface area contributed by atoms with Crippen molar-refractivity contribution < 1.29 is 9.53 Å². The molecule has 6 heteroatoms. The van der Waals surface area contributed by atoms with E-state index < -0.39 is 15.8 Å². The zero-order valence-electron chi connectivity index (χ0n) is 11.0. The Morgan fingerprint density at radius 2 is 2.00 bits per heavy atom. The lowest BCUT2D eigenvalue weighted by Gasteiger charge is -2.18. The standard InChI is InChI=1S/C13H16Cl3NO2/c1-8-5-4-6-11(9(8)2)17-10(3)12(18)19-7-13(14,15)16/h4-6,10,17H,7H2,1-3H3/t10-/m0/s1. The molecule has 0 fully saturated rings. The maximum absolute atomic E-state index is 11.7. The Morgan fingerprint density at radius 3 is 2.58 bits per heavy atom. The highest BCUT2D eigenvalue weighted by Gasteiger charge is 2.24. The molecule has 0 saturated carbocycles. The number of carbonyl (C=O) groups excluding carboxylic acids is 1. The van der Waals surface area contributed by atoms with Gasteiger partial charge in [0.1, 0.15) is 12.6 Å². The Balaban J connectivity index is 2.62. The molecule has 1 aromatic carbocycles. The maximum atomic E-state index is 11.7. The van der Waals surface area contributed by atoms with E-state index in [0.717, 1.165) is 16.8 Å². The number of rotatable bonds is 4. The van der Waals surface area contributed by atoms with Crippen molar-refractivity contribution in [1.29, 1.82) is 0 Å². The van der Waals surface area contributed by atoms with Gasteiger partial charge in [-0.3, -0.25) is 0 Å². The molecule has 0 aliphatic heterocycles. The van der Waals surface area contributed by atoms with Crippen LogP contribution in [0.15, 0.2) is 18.2 Å². The molecule has 0 aromatic heterocycles. The summed E-state index contributed by atoms with van der Waals surface area (Å²) in [5, 5.41) is 3.08. The topological polar surface area (TPSA) is 38.3 Å². The summed E-state index contributed by atoms with van der Waals surface area (Å²) in [5.74, 6) is -0.466. The predicted molar refractivity (Wildman–Crippen MR) is 80.2 cm³/mol. The highest BCUT2D eigenvalue weighted by molar-refractivity contribution is 6.67. The third-order valence-corrected chi connectivity index (χ3v) is 3.04. The van der Waals surface area contributed by atoms with E-state index in [1.807, 2.05) is 32.0 Å². The lowest BCUT2D eigenvalue weighted by atomic mass is 10.1. The third-order valence-electron chi connectivity index (χ3n) is 2.71. The van der Waals surface area contributed by atoms with Crippen LogP contribution in [0.3, 0.4) is 0 Å². The molecule has 0 radical (unpaired) electrons. The molecule has 0 aliphatic carbocycles. The van der Waals surface area contributed by atoms with E-state index in [1.54, 1.807) is 6.92 Å². The van der Waals surface area contributed by atoms with E-state index in [9.17, 15) is 4.79 Å². The molecule has 3 nitrogen and oxygen atoms in total. The summed E-state index contributed by atoms with van der Waals surface area (Å²) in [6, 6.07) is 5.31. The van der Waals surface area contributed by atoms with Gasteiger partial charge in [0.2, 0.25) is 3.79 Å². The quantitative estimate of drug-likeness (QED) is 0.671. The van der Waals surface area contributed by atoms with Gasteiger partial charge in [0.15, 0.2) is 0 Å². The summed E-state index contributed by atoms with van der Waals surface area (Å²) in [7, 11) is 0. The van der Waals surface area contributed by atoms with E-state index in [4.69, 9.17) is 39.5 Å². The molecule has 1 rings (SSSR count). The average molecular weight is 325 g/mol. The molecule has 0 heterocycles. The van der Waals surface area contributed by atoms with Gasteiger partial charge in [-0.1, -0.05) is 46.9 Å². The Morgan fingerprint density at radius 1 is 1.37 bits per heavy atom. The first-order valence-corrected chi connectivity index (χ1v) is 6.90. The summed E-state index contributed by atoms with van der Waals surface area (Å²) < 4.78 is 3.32. The number of esters is 1. The molecule has 1 atom stereocenters. The summed E-state index contributed by atoms with van der Waals surface area (Å²) >= 11 is 16.6. The number of carbonyl (C=O) groups is 1. The molecular formula is C13H16Cl3NO2. The van der Waals surface area contributed by atoms with E-state index >= 15 is 0 Å². The molecule has 19 heavy (non-hydrogen) atoms. The van der Waals surface area contributed by atoms with Gasteiger partial charge in [-0.2, -0.15) is 0 Å². The largest absolute Gasteiger partial charge is 0.460 e. The van der Waals surface area contributed by atoms with Crippen LogP contribution in [-0.2, 0) is 9.53 Å². The fourth-order valence-electron chi connectivity index (χ4n) is 1.48. The fraction of sp³-hybridized carbons (Fsp3) is 0.462. The van der Waals surface area contributed by atoms with Gasteiger partial charge in [-0.15, -0.1) is 0 Å². The first kappa shape index (κ1) is 16.4. The second-order valence-electron chi connectivity index (χ2n) is 4.34. The summed E-state index contributed by atoms with van der Waals surface area (Å²) in [6.07, 6.45) is 0. The van der Waals surface area contributed by atoms with Gasteiger partial charge in [-0.25, -0.2) is 4.79 Å². The van der Waals surface area contributed by atoms with Crippen molar-refractivity contribution in [3.05, 3.63) is 29.3 Å². The van der Waals surface area contributed by atoms with Crippen LogP contribution in [0.2, 0.25) is 0 Å². The fourth-order valence-corrected chi connectivity index (χ4v) is 1.64. The van der Waals surface area contributed by atoms with E-state index in [1.165, 1.54) is 0 Å². The molecule has 1 aromatic rings. The van der Waals surface area contributed by atoms with Crippen molar-refractivity contribution in [2.75, 3.05) is 11.9 Å². The molecule has 0 spiro atoms. The van der Waals surface area contributed by atoms with Crippen molar-refractivity contribution in [2.24, 2.45) is 0 Å². The van der Waals surface area contributed by atoms with Crippen molar-refractivity contribution in [2.45, 2.75) is 30.6 Å². The zero-order valence-corrected chi connectivity index (χ0v) is 13.2. The summed E-state index contributed by atoms with van der Waals surface area (Å²) in [6.45, 7) is 5.42. The van der Waals surface area contributed by atoms with Crippen LogP contribution in [0.1, 0.15) is 18.1 Å². The third kappa shape index (κ3) is 5.47. The number of anilines is 1. The average Bonchev–Trinajstić information content (AvgIpc) is 2.31. The van der Waals surface area contributed by atoms with Crippen LogP contribution in [0, 0.1) is 13.8 Å². The van der Waals surface area contributed by atoms with Gasteiger partial charge in [0.05, 0.1) is 0 Å². The van der Waals surface area contributed by atoms with Crippen molar-refractivity contribution in [3.8, 4) is 0 Å². The van der Waals surface area contributed by atoms with Crippen LogP contribution in [-0.4, -0.2) is 22.4 Å². The zero-order chi connectivity index (χ0) is 14.6. The number of hydrogen-bond acceptors (Lipinski definition) is 3. The van der Waals surface area contributed by atoms with Gasteiger partial charge in [0.25, 0.3) is 0 Å². The van der Waals surface area contributed by atoms with Crippen molar-refractivity contribution in [1.82, 2.24) is 0 Å². The molecule has 1 N–H and O–H groups in total. The highest BCUT2D eigenvalue weighted by Crippen LogP contribution is 2.26. The molecule has 0 aliphatic rings. The Hall–Kier alpha value is -0.640. The number of nitrogens with one attached hydrogen (secondary N) is 1. The predicted octanol–water partition coefficient (Wildman–Crippen LogP) is 4.02. The minimum atomic E-state index is -1.59. The van der Waals surface area contributed by atoms with Crippen LogP contribution >= 0.6 is 34.8 Å². The molecule has 106 valence electrons. The van der Waals surface area contributed by atoms with Crippen LogP contribution in [0.4, 0.5) is 5.69 Å². The molecule has 0 saturated heterocycles. The number of benzene rings is 1. The number of aryl methyl sites for hydroxylation is 1. The van der Waals surface area contributed by atoms with Crippen LogP contribution in [0.5, 0.6) is 0 Å². The van der Waals surface area contributed by atoms with Gasteiger partial charge in [0, 0.05) is 5.69 Å². The number of hydrogen-bond donors (Lipinski definition) is 1. The maximum Gasteiger partial charge on any atom is 0.328 e. The number of alkyl halides is 3. The van der Waals surface area contributed by atoms with Gasteiger partial charge < -0.3 is 10.1 Å².